The van der Waals surface area contributed by atoms with Gasteiger partial charge in [-0.2, -0.15) is 8.78 Å². The highest BCUT2D eigenvalue weighted by Crippen LogP contribution is 2.33. The molecule has 1 nitrogen and oxygen atoms in total. The van der Waals surface area contributed by atoms with Crippen LogP contribution in [0.2, 0.25) is 0 Å². The van der Waals surface area contributed by atoms with Crippen molar-refractivity contribution in [3.63, 3.8) is 0 Å². The SMILES string of the molecule is FCCC=C[C@H]1CC[C@H](CCc2cc(F)c(OC(F)F)c(F)c2)CC1. The molecule has 1 aromatic carbocycles. The van der Waals surface area contributed by atoms with Crippen LogP contribution in [0.4, 0.5) is 22.0 Å². The summed E-state index contributed by atoms with van der Waals surface area (Å²) < 4.78 is 67.6. The van der Waals surface area contributed by atoms with Gasteiger partial charge in [-0.1, -0.05) is 12.2 Å². The molecule has 0 heterocycles. The minimum absolute atomic E-state index is 0.333. The number of rotatable bonds is 8. The molecule has 0 aliphatic heterocycles. The van der Waals surface area contributed by atoms with Gasteiger partial charge in [-0.25, -0.2) is 8.78 Å². The predicted octanol–water partition coefficient (Wildman–Crippen LogP) is 6.22. The molecule has 2 rings (SSSR count). The van der Waals surface area contributed by atoms with Crippen LogP contribution in [0, 0.1) is 23.5 Å². The van der Waals surface area contributed by atoms with E-state index in [9.17, 15) is 22.0 Å². The van der Waals surface area contributed by atoms with Gasteiger partial charge in [-0.3, -0.25) is 4.39 Å². The van der Waals surface area contributed by atoms with E-state index >= 15 is 0 Å². The van der Waals surface area contributed by atoms with Gasteiger partial charge < -0.3 is 4.74 Å². The minimum Gasteiger partial charge on any atom is -0.429 e. The Hall–Kier alpha value is -1.59. The molecule has 140 valence electrons. The van der Waals surface area contributed by atoms with Crippen LogP contribution in [-0.4, -0.2) is 13.3 Å². The van der Waals surface area contributed by atoms with E-state index in [4.69, 9.17) is 0 Å². The van der Waals surface area contributed by atoms with E-state index in [2.05, 4.69) is 10.8 Å². The Morgan fingerprint density at radius 2 is 1.72 bits per heavy atom. The summed E-state index contributed by atoms with van der Waals surface area (Å²) in [5.41, 5.74) is 0.446. The molecule has 0 amide bonds. The first-order valence-electron chi connectivity index (χ1n) is 8.65. The molecule has 0 N–H and O–H groups in total. The Labute approximate surface area is 144 Å². The van der Waals surface area contributed by atoms with Crippen molar-refractivity contribution in [2.24, 2.45) is 11.8 Å². The molecule has 0 saturated heterocycles. The number of aryl methyl sites for hydroxylation is 1. The van der Waals surface area contributed by atoms with E-state index in [1.54, 1.807) is 0 Å². The normalized spacial score (nSPS) is 21.2. The third kappa shape index (κ3) is 6.33. The van der Waals surface area contributed by atoms with Crippen LogP contribution in [0.3, 0.4) is 0 Å². The zero-order valence-electron chi connectivity index (χ0n) is 14.0. The molecule has 0 unspecified atom stereocenters. The smallest absolute Gasteiger partial charge is 0.387 e. The molecule has 1 saturated carbocycles. The van der Waals surface area contributed by atoms with Crippen LogP contribution in [-0.2, 0) is 6.42 Å². The second-order valence-electron chi connectivity index (χ2n) is 6.49. The maximum atomic E-state index is 13.7. The number of alkyl halides is 3. The third-order valence-electron chi connectivity index (χ3n) is 4.68. The molecule has 1 fully saturated rings. The third-order valence-corrected chi connectivity index (χ3v) is 4.68. The second-order valence-corrected chi connectivity index (χ2v) is 6.49. The van der Waals surface area contributed by atoms with Gasteiger partial charge in [0.25, 0.3) is 0 Å². The summed E-state index contributed by atoms with van der Waals surface area (Å²) in [6.07, 6.45) is 9.87. The first-order valence-corrected chi connectivity index (χ1v) is 8.65. The lowest BCUT2D eigenvalue weighted by atomic mass is 9.79. The lowest BCUT2D eigenvalue weighted by Gasteiger charge is -2.26. The highest BCUT2D eigenvalue weighted by Gasteiger charge is 2.21. The van der Waals surface area contributed by atoms with Crippen molar-refractivity contribution in [2.45, 2.75) is 51.6 Å². The molecule has 0 atom stereocenters. The largest absolute Gasteiger partial charge is 0.429 e. The van der Waals surface area contributed by atoms with E-state index in [0.717, 1.165) is 44.2 Å². The quantitative estimate of drug-likeness (QED) is 0.394. The Bertz CT molecular complexity index is 542. The predicted molar refractivity (Wildman–Crippen MR) is 86.5 cm³/mol. The van der Waals surface area contributed by atoms with Crippen molar-refractivity contribution in [3.8, 4) is 5.75 Å². The number of benzene rings is 1. The summed E-state index contributed by atoms with van der Waals surface area (Å²) >= 11 is 0. The number of ether oxygens (including phenoxy) is 1. The van der Waals surface area contributed by atoms with Gasteiger partial charge in [0.2, 0.25) is 0 Å². The summed E-state index contributed by atoms with van der Waals surface area (Å²) in [6, 6.07) is 2.12. The summed E-state index contributed by atoms with van der Waals surface area (Å²) in [5, 5.41) is 0. The van der Waals surface area contributed by atoms with Crippen LogP contribution in [0.15, 0.2) is 24.3 Å². The maximum Gasteiger partial charge on any atom is 0.387 e. The van der Waals surface area contributed by atoms with Crippen molar-refractivity contribution in [1.29, 1.82) is 0 Å². The average Bonchev–Trinajstić information content (AvgIpc) is 2.57. The molecule has 1 aliphatic rings. The maximum absolute atomic E-state index is 13.7. The van der Waals surface area contributed by atoms with Crippen LogP contribution < -0.4 is 4.74 Å². The Balaban J connectivity index is 1.82. The zero-order valence-corrected chi connectivity index (χ0v) is 14.0. The topological polar surface area (TPSA) is 9.23 Å². The fourth-order valence-electron chi connectivity index (χ4n) is 3.35. The lowest BCUT2D eigenvalue weighted by molar-refractivity contribution is -0.0546. The first kappa shape index (κ1) is 19.7. The first-order chi connectivity index (χ1) is 12.0. The van der Waals surface area contributed by atoms with Gasteiger partial charge >= 0.3 is 6.61 Å². The van der Waals surface area contributed by atoms with Gasteiger partial charge in [-0.15, -0.1) is 0 Å². The highest BCUT2D eigenvalue weighted by molar-refractivity contribution is 5.31. The molecule has 0 radical (unpaired) electrons. The van der Waals surface area contributed by atoms with E-state index in [0.29, 0.717) is 30.2 Å². The fourth-order valence-corrected chi connectivity index (χ4v) is 3.35. The summed E-state index contributed by atoms with van der Waals surface area (Å²) in [5.74, 6) is -2.26. The molecule has 1 aromatic rings. The van der Waals surface area contributed by atoms with Crippen LogP contribution in [0.1, 0.15) is 44.1 Å². The van der Waals surface area contributed by atoms with Crippen molar-refractivity contribution < 1.29 is 26.7 Å². The van der Waals surface area contributed by atoms with Crippen molar-refractivity contribution >= 4 is 0 Å². The molecule has 0 aromatic heterocycles. The number of hydrogen-bond acceptors (Lipinski definition) is 1. The highest BCUT2D eigenvalue weighted by atomic mass is 19.3. The van der Waals surface area contributed by atoms with Crippen molar-refractivity contribution in [3.05, 3.63) is 41.5 Å². The summed E-state index contributed by atoms with van der Waals surface area (Å²) in [6.45, 7) is -3.59. The monoisotopic (exact) mass is 362 g/mol. The second kappa shape index (κ2) is 9.78. The summed E-state index contributed by atoms with van der Waals surface area (Å²) in [4.78, 5) is 0. The number of halogens is 5. The minimum atomic E-state index is -3.26. The van der Waals surface area contributed by atoms with Crippen molar-refractivity contribution in [2.75, 3.05) is 6.67 Å². The van der Waals surface area contributed by atoms with E-state index in [-0.39, 0.29) is 6.67 Å². The molecular formula is C19H23F5O. The lowest BCUT2D eigenvalue weighted by Crippen LogP contribution is -2.14. The van der Waals surface area contributed by atoms with Crippen LogP contribution >= 0.6 is 0 Å². The van der Waals surface area contributed by atoms with Gasteiger partial charge in [0, 0.05) is 0 Å². The Kier molecular flexibility index (Phi) is 7.72. The fraction of sp³-hybridized carbons (Fsp3) is 0.579. The van der Waals surface area contributed by atoms with Crippen LogP contribution in [0.25, 0.3) is 0 Å². The number of allylic oxidation sites excluding steroid dienone is 2. The van der Waals surface area contributed by atoms with Crippen molar-refractivity contribution in [1.82, 2.24) is 0 Å². The van der Waals surface area contributed by atoms with Gasteiger partial charge in [0.15, 0.2) is 17.4 Å². The molecule has 1 aliphatic carbocycles. The molecule has 25 heavy (non-hydrogen) atoms. The molecule has 0 bridgehead atoms. The Morgan fingerprint density at radius 3 is 2.28 bits per heavy atom. The molecular weight excluding hydrogens is 339 g/mol. The van der Waals surface area contributed by atoms with E-state index in [1.165, 1.54) is 0 Å². The average molecular weight is 362 g/mol. The van der Waals surface area contributed by atoms with E-state index < -0.39 is 24.0 Å². The van der Waals surface area contributed by atoms with Gasteiger partial charge in [0.1, 0.15) is 0 Å². The zero-order chi connectivity index (χ0) is 18.2. The molecule has 6 heteroatoms. The summed E-state index contributed by atoms with van der Waals surface area (Å²) in [7, 11) is 0. The van der Waals surface area contributed by atoms with E-state index in [1.807, 2.05) is 6.08 Å². The van der Waals surface area contributed by atoms with Gasteiger partial charge in [0.05, 0.1) is 6.67 Å². The van der Waals surface area contributed by atoms with Crippen LogP contribution in [0.5, 0.6) is 5.75 Å². The standard InChI is InChI=1S/C19H23F5O/c20-10-2-1-3-13-4-6-14(7-5-13)8-9-15-11-16(21)18(17(22)12-15)25-19(23)24/h1,3,11-14,19H,2,4-10H2/t13-,14-. The number of hydrogen-bond donors (Lipinski definition) is 0. The van der Waals surface area contributed by atoms with Gasteiger partial charge in [-0.05, 0) is 74.5 Å². The Morgan fingerprint density at radius 1 is 1.08 bits per heavy atom. The molecule has 0 spiro atoms.